The largest absolute Gasteiger partial charge is 2.00 e. The van der Waals surface area contributed by atoms with E-state index in [2.05, 4.69) is 77.4 Å². The molecule has 762 valence electrons. The molecule has 4 atom stereocenters. The van der Waals surface area contributed by atoms with Crippen molar-refractivity contribution in [3.05, 3.63) is 301 Å². The number of carbonyl (C=O) groups excluding carboxylic acids is 4. The summed E-state index contributed by atoms with van der Waals surface area (Å²) in [6.07, 6.45) is 14.4. The van der Waals surface area contributed by atoms with Gasteiger partial charge in [0.15, 0.2) is 11.4 Å². The van der Waals surface area contributed by atoms with Gasteiger partial charge in [0.2, 0.25) is 5.79 Å². The topological polar surface area (TPSA) is 308 Å². The molecule has 39 heteroatoms. The molecule has 8 aliphatic heterocycles. The third-order valence-corrected chi connectivity index (χ3v) is 25.1. The molecule has 1 aliphatic carbocycles. The van der Waals surface area contributed by atoms with Crippen molar-refractivity contribution in [1.82, 2.24) is 54.6 Å². The van der Waals surface area contributed by atoms with Gasteiger partial charge in [0.05, 0.1) is 45.8 Å². The Morgan fingerprint density at radius 3 is 1.32 bits per heavy atom. The zero-order chi connectivity index (χ0) is 96.9. The van der Waals surface area contributed by atoms with E-state index in [1.165, 1.54) is 81.6 Å². The number of carbonyl (C=O) groups is 4. The number of esters is 1. The van der Waals surface area contributed by atoms with Crippen LogP contribution in [0.3, 0.4) is 0 Å². The number of aliphatic hydroxyl groups is 1. The van der Waals surface area contributed by atoms with Gasteiger partial charge in [-0.25, -0.2) is 19.4 Å². The van der Waals surface area contributed by atoms with Gasteiger partial charge in [0, 0.05) is 170 Å². The molecule has 0 radical (unpaired) electrons. The number of nitrogens with zero attached hydrogens (tertiary/aromatic N) is 12. The van der Waals surface area contributed by atoms with Crippen LogP contribution in [-0.2, 0) is 66.9 Å². The average molecular weight is 2190 g/mol. The van der Waals surface area contributed by atoms with E-state index in [-0.39, 0.29) is 124 Å². The third kappa shape index (κ3) is 30.2. The minimum atomic E-state index is -4.77. The monoisotopic (exact) mass is 2180 g/mol. The number of benzene rings is 2. The molecule has 8 aromatic heterocycles. The number of Topliss-reactive ketones (excluding diaryl/α,β-unsaturated/α-hetero) is 1. The van der Waals surface area contributed by atoms with Crippen molar-refractivity contribution in [2.75, 3.05) is 52.5 Å². The number of piperidine rings is 3. The number of ketones is 1. The van der Waals surface area contributed by atoms with Crippen LogP contribution in [0.1, 0.15) is 264 Å². The van der Waals surface area contributed by atoms with E-state index >= 15 is 0 Å². The van der Waals surface area contributed by atoms with E-state index in [1.807, 2.05) is 76.9 Å². The fourth-order valence-electron chi connectivity index (χ4n) is 17.4. The maximum Gasteiger partial charge on any atom is 2.00 e. The molecule has 1 saturated carbocycles. The Morgan fingerprint density at radius 1 is 0.493 bits per heavy atom. The quantitative estimate of drug-likeness (QED) is 0.0281. The number of halogens is 12. The summed E-state index contributed by atoms with van der Waals surface area (Å²) in [6, 6.07) is 41.4. The fourth-order valence-corrected chi connectivity index (χ4v) is 18.5. The van der Waals surface area contributed by atoms with Crippen LogP contribution in [0.2, 0.25) is 20.1 Å². The van der Waals surface area contributed by atoms with E-state index in [9.17, 15) is 55.9 Å². The number of amides is 2. The smallest absolute Gasteiger partial charge is 1.00 e. The van der Waals surface area contributed by atoms with Gasteiger partial charge >= 0.3 is 53.9 Å². The predicted molar refractivity (Wildman–Crippen MR) is 530 cm³/mol. The summed E-state index contributed by atoms with van der Waals surface area (Å²) in [6.45, 7) is 19.0. The van der Waals surface area contributed by atoms with Crippen LogP contribution in [0.4, 0.5) is 35.9 Å². The SMILES string of the molecule is C.C.C.C.C1CCOC1.CC(=O)c1ccc(OC(F)(F)F)cc1.CC(C#N)(c1ccc(OC(F)(F)F)cc1)N1CCC2(CC1)OC(c1cc(Cl)ccn1)c1cccnc12.CC(C)(C)OC(=O)N1CCC2(CC1)OC(=O)c1cccnc12.CC(C)(C)OC(=O)N1CCC2(CC1)OC(O)(c1cc(Cl)ccn1)c1cccnc12.Clc1ccnc(Br)c1.Clc1ccnc(C2OC3(CCCCC3)c3ncccc32)c1.[Br-].[CH3-].[Mg+2]. The second-order valence-corrected chi connectivity index (χ2v) is 38.0. The first-order valence-corrected chi connectivity index (χ1v) is 46.2. The van der Waals surface area contributed by atoms with Crippen LogP contribution in [0.5, 0.6) is 11.5 Å². The number of likely N-dealkylation sites (tertiary alicyclic amines) is 3. The van der Waals surface area contributed by atoms with Crippen molar-refractivity contribution >= 4 is 109 Å². The normalized spacial score (nSPS) is 19.0. The summed E-state index contributed by atoms with van der Waals surface area (Å²) in [5.74, 6) is -2.94. The van der Waals surface area contributed by atoms with Gasteiger partial charge in [0.1, 0.15) is 67.5 Å². The molecule has 19 rings (SSSR count). The Labute approximate surface area is 881 Å². The molecule has 4 saturated heterocycles. The Kier molecular flexibility index (Phi) is 44.1. The number of hydrogen-bond acceptors (Lipinski definition) is 24. The summed E-state index contributed by atoms with van der Waals surface area (Å²) in [5.41, 5.74) is 4.89. The number of fused-ring (bicyclic) bond motifs is 8. The zero-order valence-electron chi connectivity index (χ0n) is 77.3. The molecule has 0 bridgehead atoms. The molecule has 26 nitrogen and oxygen atoms in total. The van der Waals surface area contributed by atoms with Gasteiger partial charge in [-0.15, -0.1) is 26.3 Å². The first-order chi connectivity index (χ1) is 64.0. The third-order valence-electron chi connectivity index (χ3n) is 23.8. The Bertz CT molecular complexity index is 5840. The summed E-state index contributed by atoms with van der Waals surface area (Å²) < 4.78 is 122. The number of ether oxygens (including phenoxy) is 9. The number of alkyl halides is 6. The van der Waals surface area contributed by atoms with Crippen molar-refractivity contribution in [3.63, 3.8) is 0 Å². The summed E-state index contributed by atoms with van der Waals surface area (Å²) >= 11 is 27.2. The number of aromatic nitrogens is 8. The van der Waals surface area contributed by atoms with Gasteiger partial charge in [-0.05, 0) is 237 Å². The number of hydrogen-bond donors (Lipinski definition) is 1. The van der Waals surface area contributed by atoms with Gasteiger partial charge in [0.25, 0.3) is 0 Å². The molecule has 1 N–H and O–H groups in total. The van der Waals surface area contributed by atoms with Crippen LogP contribution in [0.25, 0.3) is 0 Å². The molecule has 5 fully saturated rings. The number of rotatable bonds is 8. The van der Waals surface area contributed by atoms with Gasteiger partial charge in [-0.3, -0.25) is 44.6 Å². The first kappa shape index (κ1) is 121. The standard InChI is InChI=1S/C26H22ClF3N4O2.C21H24ClN3O4.C17H17ClN2O.C16H20N2O4.C9H7F3O2.C5H3BrClN.C4H8O.4CH4.CH3.BrH.Mg/c1-24(16-31,17-4-6-19(7-5-17)35-26(28,29)30)34-13-9-25(10-14-34)23-20(3-2-11-33-23)22(36-25)21-15-18(27)8-12-32-21;1-19(2,3)28-18(26)25-11-7-20(8-12-25)17-15(5-4-9-24-17)21(27,29-20)16-13-14(22)6-10-23-16;18-12-6-10-19-14(11-12)15-13-5-4-9-20-16(13)17(21-15)7-2-1-3-8-17;1-15(2,3)22-14(20)18-9-6-16(7-10-18)12-11(13(19)21-16)5-4-8-17-12;1-6(13)7-2-4-8(5-3-7)14-9(10,11)12;6-5-3-4(7)1-2-8-5;1-2-4-5-3-1;;;;;;;/h2-8,11-12,15,22H,9-10,13-14H2,1H3;4-6,9-10,13,27H,7-8,11-12H2,1-3H3;4-6,9-11,15H,1-3,7-8H2;4-5,8H,6-7,9-10H2,1-3H3;2-5H,1H3;1-3H;1-4H2;4*1H4;1H3;1H;/q;;;;;;;;;;;-1;;+2/p-1. The predicted octanol–water partition coefficient (Wildman–Crippen LogP) is 22.0. The molecule has 2 aromatic carbocycles. The van der Waals surface area contributed by atoms with Crippen molar-refractivity contribution in [2.45, 2.75) is 238 Å². The molecule has 4 unspecified atom stereocenters. The molecule has 9 aliphatic rings. The second kappa shape index (κ2) is 51.6. The Hall–Kier alpha value is -9.36. The van der Waals surface area contributed by atoms with Crippen molar-refractivity contribution in [1.29, 1.82) is 5.26 Å². The van der Waals surface area contributed by atoms with Crippen LogP contribution in [0.15, 0.2) is 200 Å². The summed E-state index contributed by atoms with van der Waals surface area (Å²) in [7, 11) is 0. The van der Waals surface area contributed by atoms with E-state index in [4.69, 9.17) is 79.6 Å². The van der Waals surface area contributed by atoms with Crippen LogP contribution in [0, 0.1) is 18.8 Å². The second-order valence-electron chi connectivity index (χ2n) is 35.4. The van der Waals surface area contributed by atoms with E-state index in [1.54, 1.807) is 121 Å². The molecule has 16 heterocycles. The number of pyridine rings is 8. The fraction of sp³-hybridized carbons (Fsp3) is 0.437. The van der Waals surface area contributed by atoms with Gasteiger partial charge < -0.3 is 81.9 Å². The molecule has 4 spiro atoms. The van der Waals surface area contributed by atoms with Crippen LogP contribution >= 0.6 is 62.3 Å². The zero-order valence-corrected chi connectivity index (χ0v) is 85.0. The van der Waals surface area contributed by atoms with E-state index < -0.39 is 58.2 Å². The summed E-state index contributed by atoms with van der Waals surface area (Å²) in [5, 5.41) is 24.0. The molecular formula is C103H120Br2Cl4F6MgN12O14. The maximum absolute atomic E-state index is 12.5. The maximum atomic E-state index is 12.5. The minimum Gasteiger partial charge on any atom is -1.00 e. The van der Waals surface area contributed by atoms with Crippen molar-refractivity contribution < 1.29 is 110 Å². The van der Waals surface area contributed by atoms with Crippen LogP contribution in [-0.4, -0.2) is 183 Å². The van der Waals surface area contributed by atoms with Crippen molar-refractivity contribution in [3.8, 4) is 17.6 Å². The Morgan fingerprint density at radius 2 is 0.901 bits per heavy atom. The minimum absolute atomic E-state index is 0. The average Bonchev–Trinajstić information content (AvgIpc) is 1.55. The molecular weight excluding hydrogens is 2070 g/mol. The molecule has 10 aromatic rings. The van der Waals surface area contributed by atoms with Crippen molar-refractivity contribution in [2.24, 2.45) is 0 Å². The molecule has 142 heavy (non-hydrogen) atoms. The van der Waals surface area contributed by atoms with E-state index in [0.29, 0.717) is 143 Å². The van der Waals surface area contributed by atoms with Gasteiger partial charge in [-0.2, -0.15) is 5.26 Å². The number of nitriles is 1. The van der Waals surface area contributed by atoms with Crippen LogP contribution < -0.4 is 26.5 Å². The van der Waals surface area contributed by atoms with Gasteiger partial charge in [-0.1, -0.05) is 120 Å². The Balaban J connectivity index is 0.000000266. The first-order valence-electron chi connectivity index (χ1n) is 43.9. The summed E-state index contributed by atoms with van der Waals surface area (Å²) in [4.78, 5) is 87.9. The molecule has 2 amide bonds. The van der Waals surface area contributed by atoms with E-state index in [0.717, 1.165) is 71.0 Å².